The molecular formula is C21H20Cl2N2O2. The minimum absolute atomic E-state index is 0.00619. The molecule has 3 rings (SSSR count). The molecule has 0 unspecified atom stereocenters. The van der Waals surface area contributed by atoms with E-state index in [1.807, 2.05) is 30.3 Å². The van der Waals surface area contributed by atoms with Gasteiger partial charge in [-0.25, -0.2) is 0 Å². The summed E-state index contributed by atoms with van der Waals surface area (Å²) in [6, 6.07) is 14.6. The van der Waals surface area contributed by atoms with E-state index in [9.17, 15) is 9.59 Å². The fourth-order valence-electron chi connectivity index (χ4n) is 3.06. The second kappa shape index (κ2) is 9.07. The number of halogens is 2. The smallest absolute Gasteiger partial charge is 0.246 e. The molecule has 27 heavy (non-hydrogen) atoms. The second-order valence-electron chi connectivity index (χ2n) is 6.42. The van der Waals surface area contributed by atoms with Gasteiger partial charge < -0.3 is 10.2 Å². The lowest BCUT2D eigenvalue weighted by molar-refractivity contribution is -0.130. The van der Waals surface area contributed by atoms with Crippen molar-refractivity contribution in [2.24, 2.45) is 5.92 Å². The van der Waals surface area contributed by atoms with E-state index in [0.717, 1.165) is 5.69 Å². The monoisotopic (exact) mass is 402 g/mol. The standard InChI is InChI=1S/C21H20Cl2N2O2/c22-18-7-4-8-19(23)17(18)9-10-20(26)25-13-11-15(12-14-25)21(27)24-16-5-2-1-3-6-16/h1-10,15H,11-14H2,(H,24,27)/b10-9+. The maximum atomic E-state index is 12.4. The molecule has 0 spiro atoms. The van der Waals surface area contributed by atoms with E-state index < -0.39 is 0 Å². The molecule has 1 aliphatic rings. The molecule has 1 saturated heterocycles. The zero-order valence-corrected chi connectivity index (χ0v) is 16.2. The fraction of sp³-hybridized carbons (Fsp3) is 0.238. The molecule has 1 N–H and O–H groups in total. The molecule has 2 aromatic rings. The summed E-state index contributed by atoms with van der Waals surface area (Å²) in [4.78, 5) is 26.5. The zero-order valence-electron chi connectivity index (χ0n) is 14.7. The van der Waals surface area contributed by atoms with Gasteiger partial charge in [-0.15, -0.1) is 0 Å². The normalized spacial score (nSPS) is 15.1. The average molecular weight is 403 g/mol. The lowest BCUT2D eigenvalue weighted by Gasteiger charge is -2.30. The molecule has 1 heterocycles. The first-order valence-electron chi connectivity index (χ1n) is 8.81. The average Bonchev–Trinajstić information content (AvgIpc) is 2.68. The number of hydrogen-bond acceptors (Lipinski definition) is 2. The number of carbonyl (C=O) groups excluding carboxylic acids is 2. The minimum Gasteiger partial charge on any atom is -0.339 e. The highest BCUT2D eigenvalue weighted by molar-refractivity contribution is 6.37. The van der Waals surface area contributed by atoms with E-state index >= 15 is 0 Å². The van der Waals surface area contributed by atoms with Gasteiger partial charge in [0, 0.05) is 46.4 Å². The van der Waals surface area contributed by atoms with E-state index in [4.69, 9.17) is 23.2 Å². The molecule has 2 amide bonds. The molecule has 6 heteroatoms. The molecule has 0 bridgehead atoms. The van der Waals surface area contributed by atoms with Crippen LogP contribution in [-0.2, 0) is 9.59 Å². The second-order valence-corrected chi connectivity index (χ2v) is 7.24. The molecule has 0 radical (unpaired) electrons. The maximum absolute atomic E-state index is 12.4. The van der Waals surface area contributed by atoms with Crippen LogP contribution in [0.5, 0.6) is 0 Å². The van der Waals surface area contributed by atoms with Gasteiger partial charge in [0.2, 0.25) is 11.8 Å². The Balaban J connectivity index is 1.53. The molecule has 2 aromatic carbocycles. The Hall–Kier alpha value is -2.30. The molecule has 140 valence electrons. The number of carbonyl (C=O) groups is 2. The summed E-state index contributed by atoms with van der Waals surface area (Å²) in [6.45, 7) is 1.10. The number of nitrogens with zero attached hydrogens (tertiary/aromatic N) is 1. The van der Waals surface area contributed by atoms with Crippen LogP contribution in [0.1, 0.15) is 18.4 Å². The largest absolute Gasteiger partial charge is 0.339 e. The van der Waals surface area contributed by atoms with Crippen molar-refractivity contribution in [3.05, 3.63) is 70.2 Å². The number of likely N-dealkylation sites (tertiary alicyclic amines) is 1. The Bertz CT molecular complexity index is 824. The Morgan fingerprint density at radius 1 is 0.963 bits per heavy atom. The van der Waals surface area contributed by atoms with Crippen LogP contribution in [0, 0.1) is 5.92 Å². The lowest BCUT2D eigenvalue weighted by Crippen LogP contribution is -2.40. The van der Waals surface area contributed by atoms with E-state index in [1.54, 1.807) is 29.2 Å². The van der Waals surface area contributed by atoms with Gasteiger partial charge in [0.15, 0.2) is 0 Å². The third kappa shape index (κ3) is 5.12. The van der Waals surface area contributed by atoms with E-state index in [1.165, 1.54) is 6.08 Å². The van der Waals surface area contributed by atoms with Crippen LogP contribution < -0.4 is 5.32 Å². The number of para-hydroxylation sites is 1. The highest BCUT2D eigenvalue weighted by Gasteiger charge is 2.26. The van der Waals surface area contributed by atoms with Crippen molar-refractivity contribution in [1.82, 2.24) is 4.90 Å². The number of rotatable bonds is 4. The van der Waals surface area contributed by atoms with Crippen molar-refractivity contribution in [3.63, 3.8) is 0 Å². The van der Waals surface area contributed by atoms with Crippen LogP contribution in [-0.4, -0.2) is 29.8 Å². The molecule has 0 aliphatic carbocycles. The summed E-state index contributed by atoms with van der Waals surface area (Å²) in [5.74, 6) is -0.184. The van der Waals surface area contributed by atoms with Crippen molar-refractivity contribution >= 4 is 46.8 Å². The highest BCUT2D eigenvalue weighted by Crippen LogP contribution is 2.26. The SMILES string of the molecule is O=C(Nc1ccccc1)C1CCN(C(=O)/C=C/c2c(Cl)cccc2Cl)CC1. The van der Waals surface area contributed by atoms with Crippen molar-refractivity contribution < 1.29 is 9.59 Å². The molecule has 0 saturated carbocycles. The van der Waals surface area contributed by atoms with Crippen LogP contribution in [0.4, 0.5) is 5.69 Å². The molecular weight excluding hydrogens is 383 g/mol. The number of piperidine rings is 1. The molecule has 1 fully saturated rings. The minimum atomic E-state index is -0.104. The Morgan fingerprint density at radius 3 is 2.22 bits per heavy atom. The Kier molecular flexibility index (Phi) is 6.54. The number of amides is 2. The Labute approximate surface area is 168 Å². The van der Waals surface area contributed by atoms with Crippen molar-refractivity contribution in [3.8, 4) is 0 Å². The van der Waals surface area contributed by atoms with Crippen molar-refractivity contribution in [2.45, 2.75) is 12.8 Å². The summed E-state index contributed by atoms with van der Waals surface area (Å²) in [6.07, 6.45) is 4.41. The van der Waals surface area contributed by atoms with Gasteiger partial charge in [-0.3, -0.25) is 9.59 Å². The quantitative estimate of drug-likeness (QED) is 0.740. The number of benzene rings is 2. The van der Waals surface area contributed by atoms with Crippen LogP contribution in [0.15, 0.2) is 54.6 Å². The summed E-state index contributed by atoms with van der Waals surface area (Å²) in [5.41, 5.74) is 1.42. The first-order valence-corrected chi connectivity index (χ1v) is 9.57. The summed E-state index contributed by atoms with van der Waals surface area (Å²) in [5, 5.41) is 3.93. The third-order valence-corrected chi connectivity index (χ3v) is 5.27. The number of hydrogen-bond donors (Lipinski definition) is 1. The fourth-order valence-corrected chi connectivity index (χ4v) is 3.58. The molecule has 0 aromatic heterocycles. The molecule has 4 nitrogen and oxygen atoms in total. The van der Waals surface area contributed by atoms with Gasteiger partial charge in [0.1, 0.15) is 0 Å². The predicted molar refractivity (Wildman–Crippen MR) is 110 cm³/mol. The molecule has 0 atom stereocenters. The first-order chi connectivity index (χ1) is 13.0. The molecule has 1 aliphatic heterocycles. The van der Waals surface area contributed by atoms with E-state index in [2.05, 4.69) is 5.32 Å². The Morgan fingerprint density at radius 2 is 1.59 bits per heavy atom. The predicted octanol–water partition coefficient (Wildman–Crippen LogP) is 4.88. The van der Waals surface area contributed by atoms with Gasteiger partial charge in [0.25, 0.3) is 0 Å². The van der Waals surface area contributed by atoms with E-state index in [0.29, 0.717) is 41.5 Å². The van der Waals surface area contributed by atoms with Crippen LogP contribution >= 0.6 is 23.2 Å². The van der Waals surface area contributed by atoms with E-state index in [-0.39, 0.29) is 17.7 Å². The zero-order chi connectivity index (χ0) is 19.2. The van der Waals surface area contributed by atoms with Gasteiger partial charge in [-0.05, 0) is 43.2 Å². The van der Waals surface area contributed by atoms with Crippen molar-refractivity contribution in [1.29, 1.82) is 0 Å². The summed E-state index contributed by atoms with van der Waals surface area (Å²) >= 11 is 12.2. The van der Waals surface area contributed by atoms with Gasteiger partial charge >= 0.3 is 0 Å². The van der Waals surface area contributed by atoms with Gasteiger partial charge in [-0.1, -0.05) is 47.5 Å². The number of anilines is 1. The van der Waals surface area contributed by atoms with Gasteiger partial charge in [-0.2, -0.15) is 0 Å². The van der Waals surface area contributed by atoms with Crippen LogP contribution in [0.3, 0.4) is 0 Å². The van der Waals surface area contributed by atoms with Crippen LogP contribution in [0.25, 0.3) is 6.08 Å². The van der Waals surface area contributed by atoms with Gasteiger partial charge in [0.05, 0.1) is 0 Å². The van der Waals surface area contributed by atoms with Crippen LogP contribution in [0.2, 0.25) is 10.0 Å². The first kappa shape index (κ1) is 19.5. The lowest BCUT2D eigenvalue weighted by atomic mass is 9.95. The maximum Gasteiger partial charge on any atom is 0.246 e. The summed E-state index contributed by atoms with van der Waals surface area (Å²) < 4.78 is 0. The third-order valence-electron chi connectivity index (χ3n) is 4.61. The summed E-state index contributed by atoms with van der Waals surface area (Å²) in [7, 11) is 0. The highest BCUT2D eigenvalue weighted by atomic mass is 35.5. The number of nitrogens with one attached hydrogen (secondary N) is 1. The topological polar surface area (TPSA) is 49.4 Å². The van der Waals surface area contributed by atoms with Crippen molar-refractivity contribution in [2.75, 3.05) is 18.4 Å².